The number of carbonyl (C=O) groups excluding carboxylic acids is 2. The molecular weight excluding hydrogens is 437 g/mol. The minimum Gasteiger partial charge on any atom is -0.444 e. The van der Waals surface area contributed by atoms with Crippen molar-refractivity contribution in [2.75, 3.05) is 31.1 Å². The Morgan fingerprint density at radius 1 is 1.12 bits per heavy atom. The number of hydrogen-bond acceptors (Lipinski definition) is 5. The number of carbonyl (C=O) groups is 2. The zero-order valence-corrected chi connectivity index (χ0v) is 20.1. The molecule has 2 saturated heterocycles. The van der Waals surface area contributed by atoms with E-state index in [0.717, 1.165) is 36.5 Å². The van der Waals surface area contributed by atoms with Gasteiger partial charge < -0.3 is 19.9 Å². The van der Waals surface area contributed by atoms with Crippen molar-refractivity contribution in [3.63, 3.8) is 0 Å². The maximum Gasteiger partial charge on any atom is 0.410 e. The molecule has 0 bridgehead atoms. The van der Waals surface area contributed by atoms with Gasteiger partial charge in [0.25, 0.3) is 0 Å². The fraction of sp³-hybridized carbons (Fsp3) is 0.560. The number of nitrogens with zero attached hydrogens (tertiary/aromatic N) is 3. The lowest BCUT2D eigenvalue weighted by molar-refractivity contribution is -0.127. The van der Waals surface area contributed by atoms with E-state index in [0.29, 0.717) is 32.5 Å². The van der Waals surface area contributed by atoms with Gasteiger partial charge in [0, 0.05) is 44.2 Å². The molecule has 2 aromatic rings. The van der Waals surface area contributed by atoms with Crippen molar-refractivity contribution in [3.05, 3.63) is 36.1 Å². The zero-order chi connectivity index (χ0) is 24.3. The smallest absolute Gasteiger partial charge is 0.410 e. The summed E-state index contributed by atoms with van der Waals surface area (Å²) in [5.74, 6) is 0.520. The first-order valence-electron chi connectivity index (χ1n) is 12.0. The molecule has 2 amide bonds. The molecule has 184 valence electrons. The minimum atomic E-state index is -0.522. The highest BCUT2D eigenvalue weighted by atomic mass is 19.1. The van der Waals surface area contributed by atoms with Crippen LogP contribution in [-0.4, -0.2) is 64.9 Å². The molecule has 2 aliphatic heterocycles. The van der Waals surface area contributed by atoms with Gasteiger partial charge in [-0.25, -0.2) is 9.18 Å². The topological polar surface area (TPSA) is 90.6 Å². The van der Waals surface area contributed by atoms with Crippen molar-refractivity contribution in [3.8, 4) is 11.3 Å². The Kier molecular flexibility index (Phi) is 7.09. The quantitative estimate of drug-likeness (QED) is 0.705. The average molecular weight is 472 g/mol. The maximum atomic E-state index is 13.2. The lowest BCUT2D eigenvalue weighted by atomic mass is 9.95. The molecule has 4 rings (SSSR count). The first-order chi connectivity index (χ1) is 16.2. The van der Waals surface area contributed by atoms with Crippen LogP contribution < -0.4 is 10.2 Å². The van der Waals surface area contributed by atoms with Crippen LogP contribution in [0.3, 0.4) is 0 Å². The number of halogens is 1. The number of benzene rings is 1. The third-order valence-corrected chi connectivity index (χ3v) is 6.33. The molecule has 0 saturated carbocycles. The highest BCUT2D eigenvalue weighted by Crippen LogP contribution is 2.25. The van der Waals surface area contributed by atoms with Gasteiger partial charge in [-0.1, -0.05) is 0 Å². The molecule has 2 fully saturated rings. The predicted molar refractivity (Wildman–Crippen MR) is 128 cm³/mol. The van der Waals surface area contributed by atoms with Crippen molar-refractivity contribution in [1.29, 1.82) is 0 Å². The van der Waals surface area contributed by atoms with Crippen molar-refractivity contribution in [2.45, 2.75) is 58.1 Å². The predicted octanol–water partition coefficient (Wildman–Crippen LogP) is 3.95. The van der Waals surface area contributed by atoms with Crippen LogP contribution in [0.1, 0.15) is 46.5 Å². The van der Waals surface area contributed by atoms with Crippen LogP contribution in [0.2, 0.25) is 0 Å². The number of amides is 2. The third-order valence-electron chi connectivity index (χ3n) is 6.33. The zero-order valence-electron chi connectivity index (χ0n) is 20.1. The van der Waals surface area contributed by atoms with Crippen molar-refractivity contribution >= 4 is 17.8 Å². The van der Waals surface area contributed by atoms with Crippen LogP contribution in [0.5, 0.6) is 0 Å². The molecule has 2 N–H and O–H groups in total. The number of nitrogens with one attached hydrogen (secondary N) is 2. The second-order valence-electron chi connectivity index (χ2n) is 10.2. The van der Waals surface area contributed by atoms with E-state index < -0.39 is 5.60 Å². The van der Waals surface area contributed by atoms with Crippen molar-refractivity contribution < 1.29 is 18.7 Å². The fourth-order valence-corrected chi connectivity index (χ4v) is 4.52. The Morgan fingerprint density at radius 3 is 2.50 bits per heavy atom. The summed E-state index contributed by atoms with van der Waals surface area (Å²) < 4.78 is 18.6. The van der Waals surface area contributed by atoms with Crippen LogP contribution in [-0.2, 0) is 9.53 Å². The standard InChI is InChI=1S/C25H34FN5O3/c1-25(2,3)34-24(33)30-13-10-18(11-14-30)23(32)27-20-5-4-12-31(16-20)22-15-21(28-29-22)17-6-8-19(26)9-7-17/h6-9,15,18,20H,4-5,10-14,16H2,1-3H3,(H,27,32)(H,28,29)/t20-/m1/s1. The van der Waals surface area contributed by atoms with Crippen LogP contribution in [0.25, 0.3) is 11.3 Å². The summed E-state index contributed by atoms with van der Waals surface area (Å²) in [4.78, 5) is 29.0. The van der Waals surface area contributed by atoms with Crippen LogP contribution in [0.4, 0.5) is 15.0 Å². The number of anilines is 1. The van der Waals surface area contributed by atoms with E-state index in [1.807, 2.05) is 26.8 Å². The SMILES string of the molecule is CC(C)(C)OC(=O)N1CCC(C(=O)N[C@@H]2CCCN(c3cc(-c4ccc(F)cc4)[nH]n3)C2)CC1. The molecule has 0 unspecified atom stereocenters. The highest BCUT2D eigenvalue weighted by molar-refractivity contribution is 5.79. The number of aromatic amines is 1. The molecule has 2 aliphatic rings. The van der Waals surface area contributed by atoms with Gasteiger partial charge in [-0.3, -0.25) is 9.89 Å². The van der Waals surface area contributed by atoms with Crippen LogP contribution in [0.15, 0.2) is 30.3 Å². The molecule has 1 aromatic heterocycles. The molecule has 1 atom stereocenters. The summed E-state index contributed by atoms with van der Waals surface area (Å²) in [6, 6.07) is 8.32. The first-order valence-corrected chi connectivity index (χ1v) is 12.0. The summed E-state index contributed by atoms with van der Waals surface area (Å²) in [5, 5.41) is 10.7. The van der Waals surface area contributed by atoms with E-state index in [-0.39, 0.29) is 29.8 Å². The largest absolute Gasteiger partial charge is 0.444 e. The lowest BCUT2D eigenvalue weighted by Gasteiger charge is -2.36. The van der Waals surface area contributed by atoms with E-state index in [1.165, 1.54) is 12.1 Å². The number of H-pyrrole nitrogens is 1. The van der Waals surface area contributed by atoms with E-state index >= 15 is 0 Å². The summed E-state index contributed by atoms with van der Waals surface area (Å²) in [6.45, 7) is 8.18. The molecule has 0 radical (unpaired) electrons. The maximum absolute atomic E-state index is 13.2. The van der Waals surface area contributed by atoms with Gasteiger partial charge in [-0.05, 0) is 76.3 Å². The number of ether oxygens (including phenoxy) is 1. The Balaban J connectivity index is 1.28. The average Bonchev–Trinajstić information content (AvgIpc) is 3.29. The molecule has 8 nitrogen and oxygen atoms in total. The summed E-state index contributed by atoms with van der Waals surface area (Å²) in [7, 11) is 0. The van der Waals surface area contributed by atoms with Crippen LogP contribution in [0, 0.1) is 11.7 Å². The van der Waals surface area contributed by atoms with Crippen molar-refractivity contribution in [1.82, 2.24) is 20.4 Å². The molecule has 9 heteroatoms. The van der Waals surface area contributed by atoms with E-state index in [4.69, 9.17) is 4.74 Å². The van der Waals surface area contributed by atoms with Gasteiger partial charge in [0.1, 0.15) is 11.4 Å². The second-order valence-corrected chi connectivity index (χ2v) is 10.2. The van der Waals surface area contributed by atoms with E-state index in [1.54, 1.807) is 17.0 Å². The number of piperidine rings is 2. The molecule has 1 aromatic carbocycles. The summed E-state index contributed by atoms with van der Waals surface area (Å²) >= 11 is 0. The van der Waals surface area contributed by atoms with E-state index in [2.05, 4.69) is 20.4 Å². The van der Waals surface area contributed by atoms with Gasteiger partial charge in [-0.15, -0.1) is 0 Å². The molecule has 0 aliphatic carbocycles. The Bertz CT molecular complexity index is 993. The minimum absolute atomic E-state index is 0.0520. The summed E-state index contributed by atoms with van der Waals surface area (Å²) in [5.41, 5.74) is 1.18. The highest BCUT2D eigenvalue weighted by Gasteiger charge is 2.31. The second kappa shape index (κ2) is 10.0. The van der Waals surface area contributed by atoms with Gasteiger partial charge in [0.2, 0.25) is 5.91 Å². The van der Waals surface area contributed by atoms with Gasteiger partial charge >= 0.3 is 6.09 Å². The lowest BCUT2D eigenvalue weighted by Crippen LogP contribution is -2.51. The Hall–Kier alpha value is -3.10. The van der Waals surface area contributed by atoms with Gasteiger partial charge in [0.15, 0.2) is 5.82 Å². The molecule has 3 heterocycles. The Labute approximate surface area is 199 Å². The van der Waals surface area contributed by atoms with Crippen LogP contribution >= 0.6 is 0 Å². The van der Waals surface area contributed by atoms with Gasteiger partial charge in [0.05, 0.1) is 5.69 Å². The van der Waals surface area contributed by atoms with Crippen molar-refractivity contribution in [2.24, 2.45) is 5.92 Å². The summed E-state index contributed by atoms with van der Waals surface area (Å²) in [6.07, 6.45) is 2.85. The number of aromatic nitrogens is 2. The number of likely N-dealkylation sites (tertiary alicyclic amines) is 1. The third kappa shape index (κ3) is 6.07. The van der Waals surface area contributed by atoms with E-state index in [9.17, 15) is 14.0 Å². The monoisotopic (exact) mass is 471 g/mol. The molecule has 0 spiro atoms. The number of hydrogen-bond donors (Lipinski definition) is 2. The fourth-order valence-electron chi connectivity index (χ4n) is 4.52. The Morgan fingerprint density at radius 2 is 1.82 bits per heavy atom. The van der Waals surface area contributed by atoms with Gasteiger partial charge in [-0.2, -0.15) is 5.10 Å². The normalized spacial score (nSPS) is 19.7. The number of rotatable bonds is 4. The molecule has 34 heavy (non-hydrogen) atoms. The molecular formula is C25H34FN5O3. The first kappa shape index (κ1) is 24.0.